The average molecular weight is 502 g/mol. The number of hydrogen-bond donors (Lipinski definition) is 3. The Labute approximate surface area is 206 Å². The minimum absolute atomic E-state index is 0.0499. The van der Waals surface area contributed by atoms with Crippen LogP contribution in [0, 0.1) is 18.6 Å². The van der Waals surface area contributed by atoms with Crippen molar-refractivity contribution in [3.05, 3.63) is 88.7 Å². The van der Waals surface area contributed by atoms with Gasteiger partial charge in [0.15, 0.2) is 5.75 Å². The molecule has 10 heteroatoms. The van der Waals surface area contributed by atoms with Gasteiger partial charge in [0.1, 0.15) is 23.8 Å². The van der Waals surface area contributed by atoms with Crippen LogP contribution in [0.5, 0.6) is 11.5 Å². The molecule has 3 N–H and O–H groups in total. The van der Waals surface area contributed by atoms with Crippen molar-refractivity contribution < 1.29 is 42.9 Å². The van der Waals surface area contributed by atoms with Crippen molar-refractivity contribution in [2.75, 3.05) is 7.11 Å². The van der Waals surface area contributed by atoms with Crippen LogP contribution in [-0.2, 0) is 9.53 Å². The number of aromatic hydroxyl groups is 1. The summed E-state index contributed by atoms with van der Waals surface area (Å²) in [6.07, 6.45) is 0.302. The number of benzene rings is 2. The molecule has 3 aromatic rings. The number of carbonyl (C=O) groups excluding carboxylic acids is 2. The molecule has 0 aliphatic heterocycles. The molecule has 0 unspecified atom stereocenters. The predicted molar refractivity (Wildman–Crippen MR) is 124 cm³/mol. The van der Waals surface area contributed by atoms with E-state index in [1.807, 2.05) is 0 Å². The molecule has 3 rings (SSSR count). The molecule has 0 saturated carbocycles. The summed E-state index contributed by atoms with van der Waals surface area (Å²) in [7, 11) is 1.28. The number of carbonyl (C=O) groups is 2. The van der Waals surface area contributed by atoms with Gasteiger partial charge in [-0.15, -0.1) is 0 Å². The number of pyridine rings is 1. The first-order valence-corrected chi connectivity index (χ1v) is 11.1. The summed E-state index contributed by atoms with van der Waals surface area (Å²) in [5, 5.41) is 22.5. The Morgan fingerprint density at radius 1 is 1.03 bits per heavy atom. The van der Waals surface area contributed by atoms with E-state index >= 15 is 0 Å². The number of methoxy groups -OCH3 is 1. The van der Waals surface area contributed by atoms with Crippen molar-refractivity contribution in [2.24, 2.45) is 0 Å². The molecule has 2 aromatic carbocycles. The smallest absolute Gasteiger partial charge is 0.366 e. The van der Waals surface area contributed by atoms with Crippen LogP contribution in [0.2, 0.25) is 0 Å². The Hall–Kier alpha value is -4.21. The average Bonchev–Trinajstić information content (AvgIpc) is 2.82. The molecule has 0 radical (unpaired) electrons. The van der Waals surface area contributed by atoms with Crippen molar-refractivity contribution >= 4 is 11.9 Å². The molecular weight excluding hydrogens is 474 g/mol. The highest BCUT2D eigenvalue weighted by molar-refractivity contribution is 5.96. The molecule has 1 aromatic heterocycles. The zero-order chi connectivity index (χ0) is 26.6. The highest BCUT2D eigenvalue weighted by Crippen LogP contribution is 2.33. The lowest BCUT2D eigenvalue weighted by Crippen LogP contribution is -2.47. The fourth-order valence-corrected chi connectivity index (χ4v) is 3.93. The molecule has 190 valence electrons. The molecule has 0 saturated heterocycles. The summed E-state index contributed by atoms with van der Waals surface area (Å²) >= 11 is 0. The SMILES string of the molecule is COc1cc[n+](O)c(C(=O)N[C@@H](C)C(=O)O[C@@H](C)[C@H](c2ccc(F)cc2)c2ccc(F)cc2C)c1O. The monoisotopic (exact) mass is 501 g/mol. The van der Waals surface area contributed by atoms with E-state index in [4.69, 9.17) is 9.47 Å². The van der Waals surface area contributed by atoms with Crippen molar-refractivity contribution in [2.45, 2.75) is 38.8 Å². The summed E-state index contributed by atoms with van der Waals surface area (Å²) in [6.45, 7) is 4.73. The molecule has 1 amide bonds. The maximum Gasteiger partial charge on any atom is 0.366 e. The highest BCUT2D eigenvalue weighted by atomic mass is 19.1. The number of rotatable bonds is 8. The number of aryl methyl sites for hydroxylation is 1. The molecule has 0 aliphatic carbocycles. The largest absolute Gasteiger partial charge is 0.499 e. The van der Waals surface area contributed by atoms with Crippen molar-refractivity contribution in [1.82, 2.24) is 5.32 Å². The van der Waals surface area contributed by atoms with Crippen LogP contribution < -0.4 is 14.8 Å². The standard InChI is InChI=1S/C26H26F2N2O6/c1-14-13-19(28)9-10-20(14)22(17-5-7-18(27)8-6-17)16(3)36-26(33)15(2)29-25(32)23-24(31)21(35-4)11-12-30(23)34/h5-13,15-16,22H,1-4H3,(H2-,29,31,32,34)/p+1/t15-,16-,22+/m0/s1. The van der Waals surface area contributed by atoms with Crippen molar-refractivity contribution in [1.29, 1.82) is 0 Å². The second kappa shape index (κ2) is 11.0. The Kier molecular flexibility index (Phi) is 8.08. The summed E-state index contributed by atoms with van der Waals surface area (Å²) in [5.41, 5.74) is 1.41. The lowest BCUT2D eigenvalue weighted by atomic mass is 9.84. The first-order chi connectivity index (χ1) is 17.0. The fraction of sp³-hybridized carbons (Fsp3) is 0.269. The van der Waals surface area contributed by atoms with Gasteiger partial charge in [-0.05, 0) is 61.7 Å². The number of ether oxygens (including phenoxy) is 2. The number of aromatic nitrogens is 1. The Morgan fingerprint density at radius 2 is 1.67 bits per heavy atom. The third kappa shape index (κ3) is 5.70. The van der Waals surface area contributed by atoms with Gasteiger partial charge >= 0.3 is 17.6 Å². The first kappa shape index (κ1) is 26.4. The van der Waals surface area contributed by atoms with E-state index in [1.165, 1.54) is 44.4 Å². The van der Waals surface area contributed by atoms with Crippen LogP contribution in [0.4, 0.5) is 8.78 Å². The van der Waals surface area contributed by atoms with Gasteiger partial charge in [0.2, 0.25) is 11.9 Å². The zero-order valence-electron chi connectivity index (χ0n) is 20.2. The maximum absolute atomic E-state index is 13.7. The van der Waals surface area contributed by atoms with Gasteiger partial charge in [-0.25, -0.2) is 13.6 Å². The maximum atomic E-state index is 13.7. The molecule has 1 heterocycles. The first-order valence-electron chi connectivity index (χ1n) is 11.1. The van der Waals surface area contributed by atoms with Crippen LogP contribution in [0.3, 0.4) is 0 Å². The summed E-state index contributed by atoms with van der Waals surface area (Å²) < 4.78 is 38.3. The number of amides is 1. The molecular formula is C26H27F2N2O6+. The molecule has 0 fully saturated rings. The van der Waals surface area contributed by atoms with Crippen LogP contribution in [0.15, 0.2) is 54.7 Å². The van der Waals surface area contributed by atoms with E-state index in [2.05, 4.69) is 5.32 Å². The van der Waals surface area contributed by atoms with E-state index in [0.717, 1.165) is 6.20 Å². The normalized spacial score (nSPS) is 13.4. The van der Waals surface area contributed by atoms with Gasteiger partial charge in [0, 0.05) is 10.6 Å². The zero-order valence-corrected chi connectivity index (χ0v) is 20.2. The number of esters is 1. The summed E-state index contributed by atoms with van der Waals surface area (Å²) in [5.74, 6) is -3.82. The Balaban J connectivity index is 1.82. The van der Waals surface area contributed by atoms with Crippen LogP contribution >= 0.6 is 0 Å². The van der Waals surface area contributed by atoms with Gasteiger partial charge < -0.3 is 19.9 Å². The third-order valence-electron chi connectivity index (χ3n) is 5.76. The Bertz CT molecular complexity index is 1270. The Morgan fingerprint density at radius 3 is 2.28 bits per heavy atom. The number of halogens is 2. The lowest BCUT2D eigenvalue weighted by Gasteiger charge is -2.27. The van der Waals surface area contributed by atoms with Crippen LogP contribution in [0.1, 0.15) is 46.9 Å². The minimum Gasteiger partial charge on any atom is -0.499 e. The number of nitrogens with one attached hydrogen (secondary N) is 1. The summed E-state index contributed by atoms with van der Waals surface area (Å²) in [4.78, 5) is 25.5. The molecule has 3 atom stereocenters. The predicted octanol–water partition coefficient (Wildman–Crippen LogP) is 3.39. The van der Waals surface area contributed by atoms with Gasteiger partial charge in [-0.1, -0.05) is 18.2 Å². The second-order valence-corrected chi connectivity index (χ2v) is 8.29. The number of hydrogen-bond acceptors (Lipinski definition) is 6. The quantitative estimate of drug-likeness (QED) is 0.248. The highest BCUT2D eigenvalue weighted by Gasteiger charge is 2.33. The van der Waals surface area contributed by atoms with E-state index < -0.39 is 53.0 Å². The lowest BCUT2D eigenvalue weighted by molar-refractivity contribution is -0.906. The van der Waals surface area contributed by atoms with Gasteiger partial charge in [-0.2, -0.15) is 0 Å². The molecule has 0 spiro atoms. The summed E-state index contributed by atoms with van der Waals surface area (Å²) in [6, 6.07) is 9.99. The van der Waals surface area contributed by atoms with Gasteiger partial charge in [0.25, 0.3) is 0 Å². The molecule has 0 aliphatic rings. The topological polar surface area (TPSA) is 109 Å². The van der Waals surface area contributed by atoms with E-state index in [9.17, 15) is 28.7 Å². The third-order valence-corrected chi connectivity index (χ3v) is 5.76. The number of nitrogens with zero attached hydrogens (tertiary/aromatic N) is 1. The van der Waals surface area contributed by atoms with Gasteiger partial charge in [-0.3, -0.25) is 10.0 Å². The molecule has 0 bridgehead atoms. The van der Waals surface area contributed by atoms with E-state index in [0.29, 0.717) is 21.4 Å². The van der Waals surface area contributed by atoms with E-state index in [-0.39, 0.29) is 5.75 Å². The van der Waals surface area contributed by atoms with E-state index in [1.54, 1.807) is 32.0 Å². The molecule has 36 heavy (non-hydrogen) atoms. The fourth-order valence-electron chi connectivity index (χ4n) is 3.93. The molecule has 8 nitrogen and oxygen atoms in total. The second-order valence-electron chi connectivity index (χ2n) is 8.29. The van der Waals surface area contributed by atoms with Crippen molar-refractivity contribution in [3.63, 3.8) is 0 Å². The minimum atomic E-state index is -1.17. The van der Waals surface area contributed by atoms with Crippen molar-refractivity contribution in [3.8, 4) is 11.5 Å². The van der Waals surface area contributed by atoms with Gasteiger partial charge in [0.05, 0.1) is 13.2 Å². The van der Waals surface area contributed by atoms with Crippen LogP contribution in [-0.4, -0.2) is 41.4 Å². The van der Waals surface area contributed by atoms with Crippen LogP contribution in [0.25, 0.3) is 0 Å².